The molecule has 0 spiro atoms. The first-order valence-corrected chi connectivity index (χ1v) is 4.38. The Morgan fingerprint density at radius 1 is 1.00 bits per heavy atom. The number of hydrogen-bond acceptors (Lipinski definition) is 3. The number of aliphatic hydroxyl groups is 1. The van der Waals surface area contributed by atoms with Crippen LogP contribution in [0, 0.1) is 0 Å². The Hall–Kier alpha value is -1.74. The van der Waals surface area contributed by atoms with Gasteiger partial charge in [-0.3, -0.25) is 9.97 Å². The molecule has 70 valence electrons. The predicted octanol–water partition coefficient (Wildman–Crippen LogP) is 1.64. The fraction of sp³-hybridized carbons (Fsp3) is 0.0909. The van der Waals surface area contributed by atoms with Gasteiger partial charge in [0.05, 0.1) is 18.0 Å². The normalized spacial score (nSPS) is 10.1. The Morgan fingerprint density at radius 2 is 1.71 bits per heavy atom. The molecular formula is C11H10N2O. The Kier molecular flexibility index (Phi) is 2.51. The molecule has 0 saturated carbocycles. The second-order valence-electron chi connectivity index (χ2n) is 2.88. The van der Waals surface area contributed by atoms with E-state index in [9.17, 15) is 0 Å². The number of aromatic nitrogens is 2. The molecule has 1 heterocycles. The molecule has 1 N–H and O–H groups in total. The lowest BCUT2D eigenvalue weighted by molar-refractivity contribution is 0.277. The fourth-order valence-corrected chi connectivity index (χ4v) is 1.32. The summed E-state index contributed by atoms with van der Waals surface area (Å²) in [6, 6.07) is 9.71. The van der Waals surface area contributed by atoms with E-state index in [0.717, 1.165) is 11.3 Å². The molecule has 0 amide bonds. The summed E-state index contributed by atoms with van der Waals surface area (Å²) < 4.78 is 0. The van der Waals surface area contributed by atoms with Crippen LogP contribution in [0.5, 0.6) is 0 Å². The first-order chi connectivity index (χ1) is 6.92. The molecule has 2 rings (SSSR count). The maximum Gasteiger partial charge on any atom is 0.0941 e. The highest BCUT2D eigenvalue weighted by molar-refractivity contribution is 5.60. The minimum Gasteiger partial charge on any atom is -0.390 e. The second-order valence-corrected chi connectivity index (χ2v) is 2.88. The maximum absolute atomic E-state index is 9.08. The largest absolute Gasteiger partial charge is 0.390 e. The van der Waals surface area contributed by atoms with Crippen LogP contribution in [0.4, 0.5) is 0 Å². The van der Waals surface area contributed by atoms with Crippen molar-refractivity contribution in [1.82, 2.24) is 9.97 Å². The van der Waals surface area contributed by atoms with E-state index in [0.29, 0.717) is 5.69 Å². The van der Waals surface area contributed by atoms with Crippen LogP contribution in [-0.2, 0) is 6.61 Å². The van der Waals surface area contributed by atoms with Crippen molar-refractivity contribution in [2.45, 2.75) is 6.61 Å². The predicted molar refractivity (Wildman–Crippen MR) is 53.4 cm³/mol. The minimum atomic E-state index is -0.0853. The lowest BCUT2D eigenvalue weighted by Crippen LogP contribution is -1.95. The standard InChI is InChI=1S/C11H10N2O/c14-8-10-11(13-7-6-12-10)9-4-2-1-3-5-9/h1-7,14H,8H2. The van der Waals surface area contributed by atoms with Gasteiger partial charge in [-0.05, 0) is 0 Å². The highest BCUT2D eigenvalue weighted by atomic mass is 16.3. The molecule has 3 heteroatoms. The molecule has 0 radical (unpaired) electrons. The topological polar surface area (TPSA) is 46.0 Å². The molecule has 0 bridgehead atoms. The van der Waals surface area contributed by atoms with E-state index in [2.05, 4.69) is 9.97 Å². The zero-order valence-corrected chi connectivity index (χ0v) is 7.59. The van der Waals surface area contributed by atoms with Gasteiger partial charge in [0, 0.05) is 18.0 Å². The highest BCUT2D eigenvalue weighted by Crippen LogP contribution is 2.18. The number of rotatable bonds is 2. The maximum atomic E-state index is 9.08. The molecule has 1 aromatic heterocycles. The average molecular weight is 186 g/mol. The summed E-state index contributed by atoms with van der Waals surface area (Å²) >= 11 is 0. The summed E-state index contributed by atoms with van der Waals surface area (Å²) in [5, 5.41) is 9.08. The van der Waals surface area contributed by atoms with Crippen molar-refractivity contribution in [2.24, 2.45) is 0 Å². The Bertz CT molecular complexity index is 415. The van der Waals surface area contributed by atoms with Gasteiger partial charge < -0.3 is 5.11 Å². The van der Waals surface area contributed by atoms with Crippen LogP contribution in [0.25, 0.3) is 11.3 Å². The lowest BCUT2D eigenvalue weighted by Gasteiger charge is -2.03. The van der Waals surface area contributed by atoms with E-state index in [-0.39, 0.29) is 6.61 Å². The van der Waals surface area contributed by atoms with Gasteiger partial charge in [0.25, 0.3) is 0 Å². The molecule has 1 aromatic carbocycles. The third-order valence-electron chi connectivity index (χ3n) is 1.97. The van der Waals surface area contributed by atoms with Crippen molar-refractivity contribution in [1.29, 1.82) is 0 Å². The van der Waals surface area contributed by atoms with Crippen LogP contribution in [0.1, 0.15) is 5.69 Å². The van der Waals surface area contributed by atoms with Crippen LogP contribution in [-0.4, -0.2) is 15.1 Å². The summed E-state index contributed by atoms with van der Waals surface area (Å²) in [7, 11) is 0. The van der Waals surface area contributed by atoms with Crippen molar-refractivity contribution in [3.8, 4) is 11.3 Å². The van der Waals surface area contributed by atoms with Gasteiger partial charge in [-0.25, -0.2) is 0 Å². The summed E-state index contributed by atoms with van der Waals surface area (Å²) in [6.45, 7) is -0.0853. The molecule has 0 unspecified atom stereocenters. The number of hydrogen-bond donors (Lipinski definition) is 1. The summed E-state index contributed by atoms with van der Waals surface area (Å²) in [5.41, 5.74) is 2.33. The Balaban J connectivity index is 2.51. The van der Waals surface area contributed by atoms with E-state index in [1.54, 1.807) is 12.4 Å². The molecule has 0 aliphatic carbocycles. The van der Waals surface area contributed by atoms with Crippen molar-refractivity contribution in [2.75, 3.05) is 0 Å². The third kappa shape index (κ3) is 1.63. The zero-order chi connectivity index (χ0) is 9.80. The molecule has 14 heavy (non-hydrogen) atoms. The van der Waals surface area contributed by atoms with E-state index in [4.69, 9.17) is 5.11 Å². The SMILES string of the molecule is OCc1nccnc1-c1ccccc1. The van der Waals surface area contributed by atoms with Crippen LogP contribution in [0.3, 0.4) is 0 Å². The minimum absolute atomic E-state index is 0.0853. The van der Waals surface area contributed by atoms with Gasteiger partial charge in [0.2, 0.25) is 0 Å². The van der Waals surface area contributed by atoms with E-state index < -0.39 is 0 Å². The smallest absolute Gasteiger partial charge is 0.0941 e. The molecule has 2 aromatic rings. The Labute approximate surface area is 82.1 Å². The van der Waals surface area contributed by atoms with E-state index >= 15 is 0 Å². The van der Waals surface area contributed by atoms with Gasteiger partial charge in [0.1, 0.15) is 0 Å². The van der Waals surface area contributed by atoms with Crippen molar-refractivity contribution in [3.05, 3.63) is 48.4 Å². The van der Waals surface area contributed by atoms with Gasteiger partial charge in [-0.1, -0.05) is 30.3 Å². The molecule has 3 nitrogen and oxygen atoms in total. The zero-order valence-electron chi connectivity index (χ0n) is 7.59. The number of nitrogens with zero attached hydrogens (tertiary/aromatic N) is 2. The Morgan fingerprint density at radius 3 is 2.43 bits per heavy atom. The molecule has 0 saturated heterocycles. The lowest BCUT2D eigenvalue weighted by atomic mass is 10.1. The summed E-state index contributed by atoms with van der Waals surface area (Å²) in [5.74, 6) is 0. The van der Waals surface area contributed by atoms with Gasteiger partial charge in [0.15, 0.2) is 0 Å². The van der Waals surface area contributed by atoms with Gasteiger partial charge >= 0.3 is 0 Å². The first kappa shape index (κ1) is 8.84. The van der Waals surface area contributed by atoms with E-state index in [1.165, 1.54) is 0 Å². The van der Waals surface area contributed by atoms with Crippen molar-refractivity contribution in [3.63, 3.8) is 0 Å². The van der Waals surface area contributed by atoms with Gasteiger partial charge in [-0.15, -0.1) is 0 Å². The van der Waals surface area contributed by atoms with Crippen molar-refractivity contribution >= 4 is 0 Å². The van der Waals surface area contributed by atoms with E-state index in [1.807, 2.05) is 30.3 Å². The van der Waals surface area contributed by atoms with Crippen LogP contribution in [0.15, 0.2) is 42.7 Å². The van der Waals surface area contributed by atoms with Crippen LogP contribution in [0.2, 0.25) is 0 Å². The fourth-order valence-electron chi connectivity index (χ4n) is 1.32. The molecule has 0 aliphatic rings. The number of benzene rings is 1. The van der Waals surface area contributed by atoms with Gasteiger partial charge in [-0.2, -0.15) is 0 Å². The second kappa shape index (κ2) is 3.98. The molecule has 0 fully saturated rings. The molecular weight excluding hydrogens is 176 g/mol. The highest BCUT2D eigenvalue weighted by Gasteiger charge is 2.04. The quantitative estimate of drug-likeness (QED) is 0.775. The van der Waals surface area contributed by atoms with Crippen LogP contribution < -0.4 is 0 Å². The average Bonchev–Trinajstić information content (AvgIpc) is 2.30. The van der Waals surface area contributed by atoms with Crippen LogP contribution >= 0.6 is 0 Å². The molecule has 0 atom stereocenters. The first-order valence-electron chi connectivity index (χ1n) is 4.38. The van der Waals surface area contributed by atoms with Crippen molar-refractivity contribution < 1.29 is 5.11 Å². The summed E-state index contributed by atoms with van der Waals surface area (Å²) in [4.78, 5) is 8.26. The summed E-state index contributed by atoms with van der Waals surface area (Å²) in [6.07, 6.45) is 3.21. The monoisotopic (exact) mass is 186 g/mol. The molecule has 0 aliphatic heterocycles. The number of aliphatic hydroxyl groups excluding tert-OH is 1. The third-order valence-corrected chi connectivity index (χ3v) is 1.97.